The minimum atomic E-state index is -0.748. The molecule has 0 bridgehead atoms. The molecule has 11 heteroatoms. The fraction of sp³-hybridized carbons (Fsp3) is 0.348. The first-order chi connectivity index (χ1) is 16.2. The minimum absolute atomic E-state index is 0.0365. The van der Waals surface area contributed by atoms with Gasteiger partial charge in [0.15, 0.2) is 11.5 Å². The average molecular weight is 505 g/mol. The number of ketones is 1. The van der Waals surface area contributed by atoms with Gasteiger partial charge in [0.2, 0.25) is 5.75 Å². The quantitative estimate of drug-likeness (QED) is 0.470. The van der Waals surface area contributed by atoms with Gasteiger partial charge in [-0.15, -0.1) is 0 Å². The number of rotatable bonds is 6. The fourth-order valence-electron chi connectivity index (χ4n) is 4.35. The second-order valence-corrected chi connectivity index (χ2v) is 9.20. The van der Waals surface area contributed by atoms with Crippen LogP contribution in [-0.4, -0.2) is 31.5 Å². The van der Waals surface area contributed by atoms with Crippen LogP contribution in [0.5, 0.6) is 5.75 Å². The third kappa shape index (κ3) is 5.00. The number of hydrogen-bond acceptors (Lipinski definition) is 7. The predicted molar refractivity (Wildman–Crippen MR) is 126 cm³/mol. The second kappa shape index (κ2) is 9.99. The van der Waals surface area contributed by atoms with Crippen LogP contribution in [0.1, 0.15) is 64.7 Å². The van der Waals surface area contributed by atoms with Crippen LogP contribution in [-0.2, 0) is 7.05 Å². The van der Waals surface area contributed by atoms with Gasteiger partial charge in [-0.05, 0) is 43.4 Å². The van der Waals surface area contributed by atoms with Crippen molar-refractivity contribution in [3.8, 4) is 5.75 Å². The molecule has 0 radical (unpaired) electrons. The van der Waals surface area contributed by atoms with E-state index in [4.69, 9.17) is 23.2 Å². The zero-order chi connectivity index (χ0) is 24.4. The number of Topliss-reactive ketones (excluding diaryl/α,β-unsaturated/α-hetero) is 1. The highest BCUT2D eigenvalue weighted by molar-refractivity contribution is 6.42. The predicted octanol–water partition coefficient (Wildman–Crippen LogP) is 4.58. The number of hydrogen-bond donors (Lipinski definition) is 2. The lowest BCUT2D eigenvalue weighted by Gasteiger charge is -2.29. The summed E-state index contributed by atoms with van der Waals surface area (Å²) in [5, 5.41) is 17.0. The lowest BCUT2D eigenvalue weighted by Crippen LogP contribution is -2.30. The van der Waals surface area contributed by atoms with Gasteiger partial charge in [-0.1, -0.05) is 34.8 Å². The number of anilines is 1. The van der Waals surface area contributed by atoms with Crippen molar-refractivity contribution < 1.29 is 19.2 Å². The van der Waals surface area contributed by atoms with E-state index in [9.17, 15) is 19.5 Å². The van der Waals surface area contributed by atoms with E-state index in [-0.39, 0.29) is 29.0 Å². The Hall–Kier alpha value is -3.17. The maximum absolute atomic E-state index is 12.8. The number of nitrogens with zero attached hydrogens (tertiary/aromatic N) is 3. The van der Waals surface area contributed by atoms with Gasteiger partial charge in [0.1, 0.15) is 17.8 Å². The van der Waals surface area contributed by atoms with Crippen LogP contribution in [0.2, 0.25) is 10.0 Å². The smallest absolute Gasteiger partial charge is 0.296 e. The van der Waals surface area contributed by atoms with Gasteiger partial charge in [-0.2, -0.15) is 0 Å². The molecule has 2 N–H and O–H groups in total. The van der Waals surface area contributed by atoms with Crippen LogP contribution in [0.25, 0.3) is 0 Å². The van der Waals surface area contributed by atoms with E-state index in [1.807, 2.05) is 0 Å². The summed E-state index contributed by atoms with van der Waals surface area (Å²) in [5.74, 6) is -1.21. The normalized spacial score (nSPS) is 18.0. The van der Waals surface area contributed by atoms with Crippen molar-refractivity contribution in [2.45, 2.75) is 38.0 Å². The van der Waals surface area contributed by atoms with Gasteiger partial charge in [0, 0.05) is 24.9 Å². The number of halogens is 2. The first kappa shape index (κ1) is 24.0. The third-order valence-electron chi connectivity index (χ3n) is 6.07. The highest BCUT2D eigenvalue weighted by atomic mass is 35.5. The molecular formula is C23H22Cl2N4O5. The summed E-state index contributed by atoms with van der Waals surface area (Å²) >= 11 is 12.0. The zero-order valence-corrected chi connectivity index (χ0v) is 19.8. The zero-order valence-electron chi connectivity index (χ0n) is 18.3. The molecule has 0 saturated heterocycles. The lowest BCUT2D eigenvalue weighted by molar-refractivity contribution is 0.0946. The Bertz CT molecular complexity index is 1290. The van der Waals surface area contributed by atoms with E-state index in [0.717, 1.165) is 19.3 Å². The van der Waals surface area contributed by atoms with E-state index in [1.54, 1.807) is 18.2 Å². The van der Waals surface area contributed by atoms with Crippen LogP contribution >= 0.6 is 23.2 Å². The number of aromatic hydroxyl groups is 1. The van der Waals surface area contributed by atoms with Crippen molar-refractivity contribution in [3.05, 3.63) is 68.1 Å². The van der Waals surface area contributed by atoms with Crippen LogP contribution in [0.4, 0.5) is 5.69 Å². The second-order valence-electron chi connectivity index (χ2n) is 8.38. The molecule has 0 aliphatic heterocycles. The molecule has 1 fully saturated rings. The Morgan fingerprint density at radius 2 is 2.06 bits per heavy atom. The Labute approximate surface area is 204 Å². The molecule has 0 spiro atoms. The largest absolute Gasteiger partial charge is 0.501 e. The van der Waals surface area contributed by atoms with Gasteiger partial charge in [0.05, 0.1) is 16.2 Å². The summed E-state index contributed by atoms with van der Waals surface area (Å²) in [5.41, 5.74) is -0.311. The molecule has 34 heavy (non-hydrogen) atoms. The van der Waals surface area contributed by atoms with Crippen molar-refractivity contribution in [2.24, 2.45) is 13.0 Å². The fourth-order valence-corrected chi connectivity index (χ4v) is 4.65. The Kier molecular flexibility index (Phi) is 7.04. The molecule has 1 aliphatic carbocycles. The summed E-state index contributed by atoms with van der Waals surface area (Å²) in [6.07, 6.45) is 5.88. The van der Waals surface area contributed by atoms with Crippen molar-refractivity contribution in [2.75, 3.05) is 5.32 Å². The number of carbonyl (C=O) groups is 2. The topological polar surface area (TPSA) is 127 Å². The monoisotopic (exact) mass is 504 g/mol. The molecule has 1 amide bonds. The standard InChI is InChI=1S/C23H22Cl2N4O5/c1-29-21(28-19(20(31)23(29)33)22(32)27-15-10-26-34-11-15)14-4-2-3-12(7-14)8-18(30)13-5-6-16(24)17(25)9-13/h5-6,9-12,14,31H,2-4,7-8H2,1H3,(H,27,32)/t12-,14+/m1/s1. The van der Waals surface area contributed by atoms with Crippen molar-refractivity contribution in [3.63, 3.8) is 0 Å². The first-order valence-corrected chi connectivity index (χ1v) is 11.5. The molecule has 2 atom stereocenters. The molecule has 2 aromatic heterocycles. The van der Waals surface area contributed by atoms with E-state index in [1.165, 1.54) is 24.1 Å². The van der Waals surface area contributed by atoms with E-state index < -0.39 is 17.2 Å². The highest BCUT2D eigenvalue weighted by Gasteiger charge is 2.30. The van der Waals surface area contributed by atoms with E-state index >= 15 is 0 Å². The molecule has 4 rings (SSSR count). The summed E-state index contributed by atoms with van der Waals surface area (Å²) < 4.78 is 5.94. The first-order valence-electron chi connectivity index (χ1n) is 10.7. The molecule has 3 aromatic rings. The van der Waals surface area contributed by atoms with E-state index in [0.29, 0.717) is 34.3 Å². The van der Waals surface area contributed by atoms with Crippen molar-refractivity contribution in [1.82, 2.24) is 14.7 Å². The van der Waals surface area contributed by atoms with Crippen LogP contribution in [0.15, 0.2) is 40.0 Å². The number of carbonyl (C=O) groups excluding carboxylic acids is 2. The lowest BCUT2D eigenvalue weighted by atomic mass is 9.78. The van der Waals surface area contributed by atoms with Crippen LogP contribution in [0.3, 0.4) is 0 Å². The van der Waals surface area contributed by atoms with Gasteiger partial charge in [-0.3, -0.25) is 19.0 Å². The van der Waals surface area contributed by atoms with E-state index in [2.05, 4.69) is 20.0 Å². The summed E-state index contributed by atoms with van der Waals surface area (Å²) in [6.45, 7) is 0. The Morgan fingerprint density at radius 1 is 1.26 bits per heavy atom. The average Bonchev–Trinajstić information content (AvgIpc) is 3.32. The maximum Gasteiger partial charge on any atom is 0.296 e. The molecule has 2 heterocycles. The summed E-state index contributed by atoms with van der Waals surface area (Å²) in [4.78, 5) is 42.5. The SMILES string of the molecule is Cn1c([C@H]2CCC[C@@H](CC(=O)c3ccc(Cl)c(Cl)c3)C2)nc(C(=O)Nc2cnoc2)c(O)c1=O. The number of nitrogens with one attached hydrogen (secondary N) is 1. The molecule has 1 saturated carbocycles. The summed E-state index contributed by atoms with van der Waals surface area (Å²) in [6, 6.07) is 4.82. The van der Waals surface area contributed by atoms with Crippen molar-refractivity contribution in [1.29, 1.82) is 0 Å². The number of amides is 1. The summed E-state index contributed by atoms with van der Waals surface area (Å²) in [7, 11) is 1.51. The van der Waals surface area contributed by atoms with Gasteiger partial charge < -0.3 is 14.9 Å². The molecule has 9 nitrogen and oxygen atoms in total. The highest BCUT2D eigenvalue weighted by Crippen LogP contribution is 2.38. The molecular weight excluding hydrogens is 483 g/mol. The number of benzene rings is 1. The van der Waals surface area contributed by atoms with Crippen LogP contribution in [0, 0.1) is 5.92 Å². The molecule has 0 unspecified atom stereocenters. The van der Waals surface area contributed by atoms with Gasteiger partial charge in [-0.25, -0.2) is 4.98 Å². The van der Waals surface area contributed by atoms with Gasteiger partial charge >= 0.3 is 0 Å². The maximum atomic E-state index is 12.8. The molecule has 178 valence electrons. The minimum Gasteiger partial charge on any atom is -0.501 e. The number of aromatic nitrogens is 3. The molecule has 1 aliphatic rings. The Balaban J connectivity index is 1.54. The molecule has 1 aromatic carbocycles. The van der Waals surface area contributed by atoms with Crippen LogP contribution < -0.4 is 10.9 Å². The van der Waals surface area contributed by atoms with Gasteiger partial charge in [0.25, 0.3) is 11.5 Å². The Morgan fingerprint density at radius 3 is 2.76 bits per heavy atom. The van der Waals surface area contributed by atoms with Crippen molar-refractivity contribution >= 4 is 40.6 Å². The third-order valence-corrected chi connectivity index (χ3v) is 6.81.